The molecule has 0 bridgehead atoms. The van der Waals surface area contributed by atoms with Crippen LogP contribution < -0.4 is 5.46 Å². The second kappa shape index (κ2) is 4.85. The van der Waals surface area contributed by atoms with Gasteiger partial charge in [0.1, 0.15) is 11.8 Å². The number of nitriles is 1. The molecule has 0 unspecified atom stereocenters. The molecule has 0 saturated heterocycles. The number of hydrogen-bond donors (Lipinski definition) is 2. The summed E-state index contributed by atoms with van der Waals surface area (Å²) in [5.74, 6) is 0. The number of rotatable bonds is 2. The van der Waals surface area contributed by atoms with Crippen molar-refractivity contribution in [1.29, 1.82) is 5.26 Å². The van der Waals surface area contributed by atoms with Gasteiger partial charge in [-0.25, -0.2) is 0 Å². The highest BCUT2D eigenvalue weighted by atomic mass is 16.4. The molecular weight excluding hydrogens is 251 g/mol. The molecule has 0 fully saturated rings. The van der Waals surface area contributed by atoms with Crippen molar-refractivity contribution < 1.29 is 10.0 Å². The van der Waals surface area contributed by atoms with Crippen LogP contribution in [-0.4, -0.2) is 21.7 Å². The topological polar surface area (TPSA) is 69.2 Å². The highest BCUT2D eigenvalue weighted by Gasteiger charge is 2.14. The van der Waals surface area contributed by atoms with Crippen LogP contribution in [0.2, 0.25) is 0 Å². The molecule has 5 heteroatoms. The third-order valence-corrected chi connectivity index (χ3v) is 3.28. The first-order valence-corrected chi connectivity index (χ1v) is 6.17. The smallest absolute Gasteiger partial charge is 0.423 e. The maximum Gasteiger partial charge on any atom is 0.488 e. The Labute approximate surface area is 116 Å². The van der Waals surface area contributed by atoms with E-state index >= 15 is 0 Å². The van der Waals surface area contributed by atoms with E-state index in [2.05, 4.69) is 6.07 Å². The fourth-order valence-electron chi connectivity index (χ4n) is 2.31. The molecule has 0 saturated carbocycles. The van der Waals surface area contributed by atoms with Crippen LogP contribution in [0.25, 0.3) is 16.5 Å². The molecule has 1 heterocycles. The Morgan fingerprint density at radius 2 is 1.85 bits per heavy atom. The lowest BCUT2D eigenvalue weighted by Gasteiger charge is -2.07. The molecule has 2 aromatic carbocycles. The number of fused-ring (bicyclic) bond motifs is 1. The van der Waals surface area contributed by atoms with Gasteiger partial charge in [0.15, 0.2) is 0 Å². The molecule has 0 aliphatic carbocycles. The van der Waals surface area contributed by atoms with Crippen molar-refractivity contribution in [3.8, 4) is 11.8 Å². The van der Waals surface area contributed by atoms with Crippen LogP contribution in [0.15, 0.2) is 54.7 Å². The van der Waals surface area contributed by atoms with Crippen LogP contribution >= 0.6 is 0 Å². The second-order valence-electron chi connectivity index (χ2n) is 4.52. The number of aromatic nitrogens is 1. The summed E-state index contributed by atoms with van der Waals surface area (Å²) in [6, 6.07) is 16.7. The molecule has 0 spiro atoms. The highest BCUT2D eigenvalue weighted by Crippen LogP contribution is 2.23. The molecular formula is C15H11BN2O2. The van der Waals surface area contributed by atoms with Gasteiger partial charge in [0.25, 0.3) is 0 Å². The van der Waals surface area contributed by atoms with E-state index < -0.39 is 7.12 Å². The first-order chi connectivity index (χ1) is 9.70. The van der Waals surface area contributed by atoms with Crippen LogP contribution in [0, 0.1) is 11.3 Å². The molecule has 0 amide bonds. The molecule has 3 aromatic rings. The average Bonchev–Trinajstić information content (AvgIpc) is 2.86. The third kappa shape index (κ3) is 1.97. The molecule has 4 nitrogen and oxygen atoms in total. The van der Waals surface area contributed by atoms with Gasteiger partial charge in [0.05, 0.1) is 0 Å². The fourth-order valence-corrected chi connectivity index (χ4v) is 2.31. The largest absolute Gasteiger partial charge is 0.488 e. The summed E-state index contributed by atoms with van der Waals surface area (Å²) in [5.41, 5.74) is 1.65. The van der Waals surface area contributed by atoms with Crippen molar-refractivity contribution in [1.82, 2.24) is 4.57 Å². The monoisotopic (exact) mass is 262 g/mol. The lowest BCUT2D eigenvalue weighted by Crippen LogP contribution is -2.29. The van der Waals surface area contributed by atoms with Gasteiger partial charge >= 0.3 is 7.12 Å². The maximum absolute atomic E-state index is 9.38. The summed E-state index contributed by atoms with van der Waals surface area (Å²) >= 11 is 0. The Morgan fingerprint density at radius 1 is 1.05 bits per heavy atom. The SMILES string of the molecule is N#Cc1c2ccccc2cn1-c1cccc(B(O)O)c1. The van der Waals surface area contributed by atoms with Crippen molar-refractivity contribution >= 4 is 23.4 Å². The van der Waals surface area contributed by atoms with Crippen molar-refractivity contribution in [2.45, 2.75) is 0 Å². The Hall–Kier alpha value is -2.55. The predicted molar refractivity (Wildman–Crippen MR) is 77.8 cm³/mol. The van der Waals surface area contributed by atoms with Crippen LogP contribution in [0.5, 0.6) is 0 Å². The van der Waals surface area contributed by atoms with Gasteiger partial charge in [0.2, 0.25) is 0 Å². The quantitative estimate of drug-likeness (QED) is 0.681. The van der Waals surface area contributed by atoms with E-state index in [1.165, 1.54) is 0 Å². The first kappa shape index (κ1) is 12.5. The summed E-state index contributed by atoms with van der Waals surface area (Å²) in [6.07, 6.45) is 1.87. The van der Waals surface area contributed by atoms with E-state index in [4.69, 9.17) is 0 Å². The van der Waals surface area contributed by atoms with Gasteiger partial charge in [-0.15, -0.1) is 0 Å². The van der Waals surface area contributed by atoms with E-state index in [9.17, 15) is 15.3 Å². The van der Waals surface area contributed by atoms with E-state index in [0.29, 0.717) is 11.2 Å². The first-order valence-electron chi connectivity index (χ1n) is 6.17. The van der Waals surface area contributed by atoms with E-state index in [-0.39, 0.29) is 0 Å². The van der Waals surface area contributed by atoms with Gasteiger partial charge in [-0.3, -0.25) is 0 Å². The third-order valence-electron chi connectivity index (χ3n) is 3.28. The summed E-state index contributed by atoms with van der Waals surface area (Å²) in [5, 5.41) is 29.7. The van der Waals surface area contributed by atoms with Crippen LogP contribution in [0.1, 0.15) is 5.69 Å². The highest BCUT2D eigenvalue weighted by molar-refractivity contribution is 6.58. The van der Waals surface area contributed by atoms with Gasteiger partial charge in [-0.2, -0.15) is 5.26 Å². The summed E-state index contributed by atoms with van der Waals surface area (Å²) in [7, 11) is -1.52. The molecule has 20 heavy (non-hydrogen) atoms. The van der Waals surface area contributed by atoms with E-state index in [0.717, 1.165) is 16.5 Å². The van der Waals surface area contributed by atoms with Crippen LogP contribution in [0.4, 0.5) is 0 Å². The minimum Gasteiger partial charge on any atom is -0.423 e. The number of nitrogens with zero attached hydrogens (tertiary/aromatic N) is 2. The molecule has 0 aliphatic rings. The summed E-state index contributed by atoms with van der Waals surface area (Å²) in [4.78, 5) is 0. The maximum atomic E-state index is 9.38. The lowest BCUT2D eigenvalue weighted by atomic mass is 9.80. The summed E-state index contributed by atoms with van der Waals surface area (Å²) < 4.78 is 1.76. The van der Waals surface area contributed by atoms with Crippen molar-refractivity contribution in [2.24, 2.45) is 0 Å². The van der Waals surface area contributed by atoms with Crippen LogP contribution in [-0.2, 0) is 0 Å². The second-order valence-corrected chi connectivity index (χ2v) is 4.52. The fraction of sp³-hybridized carbons (Fsp3) is 0. The number of hydrogen-bond acceptors (Lipinski definition) is 3. The minimum absolute atomic E-state index is 0.393. The zero-order chi connectivity index (χ0) is 14.1. The molecule has 0 atom stereocenters. The van der Waals surface area contributed by atoms with E-state index in [1.807, 2.05) is 36.5 Å². The lowest BCUT2D eigenvalue weighted by molar-refractivity contribution is 0.426. The Balaban J connectivity index is 2.24. The van der Waals surface area contributed by atoms with Crippen LogP contribution in [0.3, 0.4) is 0 Å². The van der Waals surface area contributed by atoms with Gasteiger partial charge in [-0.05, 0) is 17.6 Å². The minimum atomic E-state index is -1.52. The average molecular weight is 262 g/mol. The predicted octanol–water partition coefficient (Wildman–Crippen LogP) is 1.18. The van der Waals surface area contributed by atoms with Gasteiger partial charge < -0.3 is 14.6 Å². The van der Waals surface area contributed by atoms with Gasteiger partial charge in [0, 0.05) is 22.7 Å². The Kier molecular flexibility index (Phi) is 3.03. The molecule has 1 aromatic heterocycles. The van der Waals surface area contributed by atoms with Crippen molar-refractivity contribution in [3.05, 3.63) is 60.4 Å². The van der Waals surface area contributed by atoms with Crippen molar-refractivity contribution in [2.75, 3.05) is 0 Å². The zero-order valence-corrected chi connectivity index (χ0v) is 10.6. The Bertz CT molecular complexity index is 818. The molecule has 0 radical (unpaired) electrons. The standard InChI is InChI=1S/C15H11BN2O2/c17-9-15-14-7-2-1-4-11(14)10-18(15)13-6-3-5-12(8-13)16(19)20/h1-8,10,19-20H. The van der Waals surface area contributed by atoms with Gasteiger partial charge in [-0.1, -0.05) is 36.4 Å². The van der Waals surface area contributed by atoms with Crippen molar-refractivity contribution in [3.63, 3.8) is 0 Å². The Morgan fingerprint density at radius 3 is 2.60 bits per heavy atom. The normalized spacial score (nSPS) is 10.4. The molecule has 2 N–H and O–H groups in total. The van der Waals surface area contributed by atoms with E-state index in [1.54, 1.807) is 22.8 Å². The molecule has 0 aliphatic heterocycles. The molecule has 96 valence electrons. The number of benzene rings is 2. The summed E-state index contributed by atoms with van der Waals surface area (Å²) in [6.45, 7) is 0. The zero-order valence-electron chi connectivity index (χ0n) is 10.6. The molecule has 3 rings (SSSR count).